The number of aromatic nitrogens is 1. The topological polar surface area (TPSA) is 12.9 Å². The molecule has 0 fully saturated rings. The molecule has 0 atom stereocenters. The molecule has 0 N–H and O–H groups in total. The van der Waals surface area contributed by atoms with Crippen molar-refractivity contribution in [2.45, 2.75) is 26.7 Å². The van der Waals surface area contributed by atoms with Crippen LogP contribution in [-0.2, 0) is 6.42 Å². The number of hydrogen-bond donors (Lipinski definition) is 0. The molecule has 56 valence electrons. The lowest BCUT2D eigenvalue weighted by atomic mass is 10.2. The van der Waals surface area contributed by atoms with E-state index < -0.39 is 0 Å². The van der Waals surface area contributed by atoms with Crippen LogP contribution in [-0.4, -0.2) is 4.98 Å². The predicted octanol–water partition coefficient (Wildman–Crippen LogP) is 3.17. The van der Waals surface area contributed by atoms with Crippen LogP contribution in [0.25, 0.3) is 0 Å². The van der Waals surface area contributed by atoms with Crippen molar-refractivity contribution in [2.24, 2.45) is 0 Å². The molecule has 0 unspecified atom stereocenters. The molecule has 0 aliphatic rings. The third kappa shape index (κ3) is 1.80. The molecule has 0 aliphatic carbocycles. The zero-order valence-electron chi connectivity index (χ0n) is 6.15. The first-order chi connectivity index (χ1) is 4.74. The van der Waals surface area contributed by atoms with Gasteiger partial charge in [0.25, 0.3) is 0 Å². The van der Waals surface area contributed by atoms with Crippen molar-refractivity contribution in [1.82, 2.24) is 4.98 Å². The number of halogens is 1. The van der Waals surface area contributed by atoms with E-state index in [9.17, 15) is 0 Å². The molecule has 1 aromatic rings. The Morgan fingerprint density at radius 3 is 2.70 bits per heavy atom. The Bertz CT molecular complexity index is 219. The quantitative estimate of drug-likeness (QED) is 0.745. The highest BCUT2D eigenvalue weighted by atomic mass is 79.9. The van der Waals surface area contributed by atoms with Crippen LogP contribution in [0.4, 0.5) is 0 Å². The molecule has 1 nitrogen and oxygen atoms in total. The minimum Gasteiger partial charge on any atom is -0.234 e. The summed E-state index contributed by atoms with van der Waals surface area (Å²) in [5, 5.41) is 0. The van der Waals surface area contributed by atoms with Gasteiger partial charge in [0.15, 0.2) is 3.92 Å². The monoisotopic (exact) mass is 219 g/mol. The molecule has 0 radical (unpaired) electrons. The Balaban J connectivity index is 2.81. The van der Waals surface area contributed by atoms with Gasteiger partial charge in [0.2, 0.25) is 0 Å². The van der Waals surface area contributed by atoms with Crippen LogP contribution in [0.3, 0.4) is 0 Å². The van der Waals surface area contributed by atoms with Crippen LogP contribution in [0.2, 0.25) is 0 Å². The van der Waals surface area contributed by atoms with E-state index in [0.29, 0.717) is 0 Å². The maximum Gasteiger partial charge on any atom is 0.159 e. The van der Waals surface area contributed by atoms with Crippen LogP contribution in [0, 0.1) is 6.92 Å². The van der Waals surface area contributed by atoms with Gasteiger partial charge in [0.05, 0.1) is 5.69 Å². The average Bonchev–Trinajstić information content (AvgIpc) is 2.13. The Hall–Kier alpha value is 0.110. The van der Waals surface area contributed by atoms with Gasteiger partial charge < -0.3 is 0 Å². The van der Waals surface area contributed by atoms with Gasteiger partial charge in [-0.2, -0.15) is 0 Å². The maximum atomic E-state index is 4.26. The first-order valence-electron chi connectivity index (χ1n) is 3.36. The minimum atomic E-state index is 1.01. The second kappa shape index (κ2) is 3.49. The van der Waals surface area contributed by atoms with Crippen LogP contribution in [0.1, 0.15) is 23.9 Å². The third-order valence-corrected chi connectivity index (χ3v) is 3.01. The van der Waals surface area contributed by atoms with Crippen LogP contribution >= 0.6 is 27.3 Å². The lowest BCUT2D eigenvalue weighted by molar-refractivity contribution is 0.925. The highest BCUT2D eigenvalue weighted by molar-refractivity contribution is 9.11. The van der Waals surface area contributed by atoms with Crippen LogP contribution < -0.4 is 0 Å². The molecule has 0 aliphatic heterocycles. The van der Waals surface area contributed by atoms with Crippen LogP contribution in [0.15, 0.2) is 3.92 Å². The van der Waals surface area contributed by atoms with Gasteiger partial charge in [-0.05, 0) is 29.3 Å². The van der Waals surface area contributed by atoms with Gasteiger partial charge >= 0.3 is 0 Å². The van der Waals surface area contributed by atoms with Crippen molar-refractivity contribution in [3.8, 4) is 0 Å². The Kier molecular flexibility index (Phi) is 2.86. The first-order valence-corrected chi connectivity index (χ1v) is 4.96. The number of rotatable bonds is 2. The molecule has 0 saturated carbocycles. The lowest BCUT2D eigenvalue weighted by Gasteiger charge is -1.90. The molecule has 0 amide bonds. The number of thiazole rings is 1. The van der Waals surface area contributed by atoms with Crippen molar-refractivity contribution >= 4 is 27.3 Å². The van der Waals surface area contributed by atoms with E-state index in [0.717, 1.165) is 10.3 Å². The number of aryl methyl sites for hydroxylation is 2. The van der Waals surface area contributed by atoms with Gasteiger partial charge in [-0.3, -0.25) is 0 Å². The third-order valence-electron chi connectivity index (χ3n) is 1.34. The molecule has 1 rings (SSSR count). The fraction of sp³-hybridized carbons (Fsp3) is 0.571. The van der Waals surface area contributed by atoms with E-state index in [1.807, 2.05) is 0 Å². The van der Waals surface area contributed by atoms with E-state index in [1.54, 1.807) is 11.3 Å². The van der Waals surface area contributed by atoms with Crippen molar-refractivity contribution in [3.05, 3.63) is 14.5 Å². The maximum absolute atomic E-state index is 4.26. The van der Waals surface area contributed by atoms with E-state index in [-0.39, 0.29) is 0 Å². The summed E-state index contributed by atoms with van der Waals surface area (Å²) in [7, 11) is 0. The zero-order chi connectivity index (χ0) is 7.56. The van der Waals surface area contributed by atoms with Gasteiger partial charge in [-0.25, -0.2) is 4.98 Å². The van der Waals surface area contributed by atoms with E-state index in [4.69, 9.17) is 0 Å². The lowest BCUT2D eigenvalue weighted by Crippen LogP contribution is -1.80. The summed E-state index contributed by atoms with van der Waals surface area (Å²) < 4.78 is 1.01. The molecule has 0 aromatic carbocycles. The van der Waals surface area contributed by atoms with E-state index >= 15 is 0 Å². The summed E-state index contributed by atoms with van der Waals surface area (Å²) in [5.74, 6) is 0. The SMILES string of the molecule is CCCc1sc(Br)nc1C. The Labute approximate surface area is 73.6 Å². The van der Waals surface area contributed by atoms with Gasteiger partial charge in [-0.15, -0.1) is 11.3 Å². The van der Waals surface area contributed by atoms with Gasteiger partial charge in [0.1, 0.15) is 0 Å². The summed E-state index contributed by atoms with van der Waals surface area (Å²) >= 11 is 5.10. The number of nitrogens with zero attached hydrogens (tertiary/aromatic N) is 1. The second-order valence-corrected chi connectivity index (χ2v) is 4.59. The van der Waals surface area contributed by atoms with Crippen LogP contribution in [0.5, 0.6) is 0 Å². The fourth-order valence-corrected chi connectivity index (χ4v) is 2.59. The molecule has 10 heavy (non-hydrogen) atoms. The standard InChI is InChI=1S/C7H10BrNS/c1-3-4-6-5(2)9-7(8)10-6/h3-4H2,1-2H3. The smallest absolute Gasteiger partial charge is 0.159 e. The molecular weight excluding hydrogens is 210 g/mol. The molecule has 0 bridgehead atoms. The molecular formula is C7H10BrNS. The van der Waals surface area contributed by atoms with E-state index in [2.05, 4.69) is 34.8 Å². The summed E-state index contributed by atoms with van der Waals surface area (Å²) in [4.78, 5) is 5.68. The van der Waals surface area contributed by atoms with Gasteiger partial charge in [-0.1, -0.05) is 13.3 Å². The van der Waals surface area contributed by atoms with Crippen molar-refractivity contribution < 1.29 is 0 Å². The second-order valence-electron chi connectivity index (χ2n) is 2.23. The molecule has 1 aromatic heterocycles. The molecule has 1 heterocycles. The summed E-state index contributed by atoms with van der Waals surface area (Å²) in [5.41, 5.74) is 1.18. The van der Waals surface area contributed by atoms with Crippen molar-refractivity contribution in [3.63, 3.8) is 0 Å². The highest BCUT2D eigenvalue weighted by Crippen LogP contribution is 2.23. The van der Waals surface area contributed by atoms with Gasteiger partial charge in [0, 0.05) is 4.88 Å². The Morgan fingerprint density at radius 2 is 2.30 bits per heavy atom. The fourth-order valence-electron chi connectivity index (χ4n) is 0.852. The zero-order valence-corrected chi connectivity index (χ0v) is 8.55. The Morgan fingerprint density at radius 1 is 1.60 bits per heavy atom. The average molecular weight is 220 g/mol. The number of hydrogen-bond acceptors (Lipinski definition) is 2. The molecule has 0 spiro atoms. The minimum absolute atomic E-state index is 1.01. The first kappa shape index (κ1) is 8.21. The van der Waals surface area contributed by atoms with Crippen molar-refractivity contribution in [1.29, 1.82) is 0 Å². The largest absolute Gasteiger partial charge is 0.234 e. The summed E-state index contributed by atoms with van der Waals surface area (Å²) in [6.45, 7) is 4.25. The van der Waals surface area contributed by atoms with E-state index in [1.165, 1.54) is 17.0 Å². The predicted molar refractivity (Wildman–Crippen MR) is 48.5 cm³/mol. The van der Waals surface area contributed by atoms with Crippen molar-refractivity contribution in [2.75, 3.05) is 0 Å². The highest BCUT2D eigenvalue weighted by Gasteiger charge is 2.02. The summed E-state index contributed by atoms with van der Waals surface area (Å²) in [6.07, 6.45) is 2.37. The summed E-state index contributed by atoms with van der Waals surface area (Å²) in [6, 6.07) is 0. The molecule has 3 heteroatoms. The normalized spacial score (nSPS) is 10.3. The molecule has 0 saturated heterocycles.